The van der Waals surface area contributed by atoms with E-state index in [1.807, 2.05) is 0 Å². The van der Waals surface area contributed by atoms with Gasteiger partial charge >= 0.3 is 0 Å². The first kappa shape index (κ1) is 21.3. The number of benzene rings is 1. The molecule has 1 amide bonds. The summed E-state index contributed by atoms with van der Waals surface area (Å²) in [6, 6.07) is 4.97. The molecule has 0 atom stereocenters. The number of nitrogens with two attached hydrogens (primary N) is 1. The van der Waals surface area contributed by atoms with E-state index in [-0.39, 0.29) is 36.3 Å². The Kier molecular flexibility index (Phi) is 8.55. The van der Waals surface area contributed by atoms with E-state index in [0.717, 1.165) is 12.8 Å². The molecule has 1 aliphatic rings. The molecule has 22 heavy (non-hydrogen) atoms. The molecule has 2 rings (SSSR count). The molecule has 0 aromatic heterocycles. The molecule has 0 unspecified atom stereocenters. The van der Waals surface area contributed by atoms with E-state index < -0.39 is 0 Å². The van der Waals surface area contributed by atoms with Crippen LogP contribution in [0.4, 0.5) is 5.69 Å². The lowest BCUT2D eigenvalue weighted by Crippen LogP contribution is -2.50. The van der Waals surface area contributed by atoms with Gasteiger partial charge in [-0.25, -0.2) is 0 Å². The second kappa shape index (κ2) is 8.82. The first-order valence-corrected chi connectivity index (χ1v) is 7.33. The first-order chi connectivity index (χ1) is 9.44. The van der Waals surface area contributed by atoms with E-state index >= 15 is 0 Å². The third kappa shape index (κ3) is 4.66. The monoisotopic (exact) mass is 367 g/mol. The van der Waals surface area contributed by atoms with Gasteiger partial charge in [-0.05, 0) is 45.1 Å². The van der Waals surface area contributed by atoms with Gasteiger partial charge in [-0.3, -0.25) is 4.79 Å². The lowest BCUT2D eigenvalue weighted by atomic mass is 9.96. The number of carbonyl (C=O) groups excluding carboxylic acids is 1. The Morgan fingerprint density at radius 1 is 1.32 bits per heavy atom. The Morgan fingerprint density at radius 2 is 1.91 bits per heavy atom. The summed E-state index contributed by atoms with van der Waals surface area (Å²) in [7, 11) is 4.15. The van der Waals surface area contributed by atoms with Crippen molar-refractivity contribution in [1.29, 1.82) is 0 Å². The molecule has 3 N–H and O–H groups in total. The van der Waals surface area contributed by atoms with E-state index in [1.165, 1.54) is 12.8 Å². The summed E-state index contributed by atoms with van der Waals surface area (Å²) in [5.41, 5.74) is 6.76. The van der Waals surface area contributed by atoms with Gasteiger partial charge in [-0.2, -0.15) is 0 Å². The molecular weight excluding hydrogens is 345 g/mol. The van der Waals surface area contributed by atoms with Crippen molar-refractivity contribution in [3.05, 3.63) is 28.8 Å². The molecule has 1 aromatic rings. The fourth-order valence-corrected chi connectivity index (χ4v) is 3.15. The van der Waals surface area contributed by atoms with Gasteiger partial charge in [0.25, 0.3) is 5.91 Å². The molecule has 0 radical (unpaired) electrons. The van der Waals surface area contributed by atoms with Gasteiger partial charge in [0.2, 0.25) is 0 Å². The van der Waals surface area contributed by atoms with Gasteiger partial charge in [0.15, 0.2) is 0 Å². The maximum atomic E-state index is 12.2. The average molecular weight is 369 g/mol. The Balaban J connectivity index is 0.00000220. The average Bonchev–Trinajstić information content (AvgIpc) is 2.86. The van der Waals surface area contributed by atoms with Gasteiger partial charge in [0.1, 0.15) is 0 Å². The lowest BCUT2D eigenvalue weighted by molar-refractivity contribution is 0.0900. The molecule has 7 heteroatoms. The number of amides is 1. The number of carbonyl (C=O) groups is 1. The Labute approximate surface area is 149 Å². The van der Waals surface area contributed by atoms with Crippen LogP contribution in [0.5, 0.6) is 0 Å². The molecule has 4 nitrogen and oxygen atoms in total. The van der Waals surface area contributed by atoms with Crippen LogP contribution in [0, 0.1) is 0 Å². The molecule has 0 saturated heterocycles. The van der Waals surface area contributed by atoms with Crippen LogP contribution in [0.3, 0.4) is 0 Å². The number of halogens is 3. The third-order valence-corrected chi connectivity index (χ3v) is 4.61. The summed E-state index contributed by atoms with van der Waals surface area (Å²) in [6.45, 7) is 0.652. The zero-order chi connectivity index (χ0) is 14.8. The molecule has 1 saturated carbocycles. The molecule has 0 bridgehead atoms. The molecule has 126 valence electrons. The highest BCUT2D eigenvalue weighted by Gasteiger charge is 2.36. The van der Waals surface area contributed by atoms with Gasteiger partial charge in [-0.15, -0.1) is 24.8 Å². The minimum absolute atomic E-state index is 0. The summed E-state index contributed by atoms with van der Waals surface area (Å²) in [5, 5.41) is 3.41. The molecule has 0 aliphatic heterocycles. The van der Waals surface area contributed by atoms with Crippen molar-refractivity contribution in [2.75, 3.05) is 26.4 Å². The minimum atomic E-state index is -0.136. The largest absolute Gasteiger partial charge is 0.399 e. The summed E-state index contributed by atoms with van der Waals surface area (Å²) < 4.78 is 0. The summed E-state index contributed by atoms with van der Waals surface area (Å²) >= 11 is 6.07. The number of rotatable bonds is 4. The predicted molar refractivity (Wildman–Crippen MR) is 97.6 cm³/mol. The molecule has 1 aliphatic carbocycles. The summed E-state index contributed by atoms with van der Waals surface area (Å²) in [6.07, 6.45) is 4.68. The number of nitrogens with one attached hydrogen (secondary N) is 1. The normalized spacial score (nSPS) is 15.8. The van der Waals surface area contributed by atoms with E-state index in [9.17, 15) is 4.79 Å². The molecular formula is C15H24Cl3N3O. The van der Waals surface area contributed by atoms with E-state index in [0.29, 0.717) is 22.8 Å². The zero-order valence-electron chi connectivity index (χ0n) is 12.9. The van der Waals surface area contributed by atoms with Crippen LogP contribution in [0.25, 0.3) is 0 Å². The maximum Gasteiger partial charge on any atom is 0.252 e. The van der Waals surface area contributed by atoms with Crippen molar-refractivity contribution in [1.82, 2.24) is 10.2 Å². The number of likely N-dealkylation sites (N-methyl/N-ethyl adjacent to an activating group) is 1. The van der Waals surface area contributed by atoms with Crippen molar-refractivity contribution in [2.45, 2.75) is 31.2 Å². The maximum absolute atomic E-state index is 12.2. The van der Waals surface area contributed by atoms with Crippen molar-refractivity contribution in [2.24, 2.45) is 0 Å². The van der Waals surface area contributed by atoms with Crippen LogP contribution in [-0.2, 0) is 0 Å². The predicted octanol–water partition coefficient (Wildman–Crippen LogP) is 3.37. The minimum Gasteiger partial charge on any atom is -0.399 e. The second-order valence-corrected chi connectivity index (χ2v) is 6.16. The van der Waals surface area contributed by atoms with Crippen LogP contribution in [0.15, 0.2) is 18.2 Å². The fourth-order valence-electron chi connectivity index (χ4n) is 2.87. The molecule has 0 spiro atoms. The topological polar surface area (TPSA) is 58.4 Å². The van der Waals surface area contributed by atoms with Crippen LogP contribution in [0.1, 0.15) is 36.0 Å². The fraction of sp³-hybridized carbons (Fsp3) is 0.533. The van der Waals surface area contributed by atoms with Gasteiger partial charge in [-0.1, -0.05) is 24.4 Å². The van der Waals surface area contributed by atoms with Crippen LogP contribution in [-0.4, -0.2) is 37.0 Å². The Bertz CT molecular complexity index is 503. The number of hydrogen-bond acceptors (Lipinski definition) is 3. The van der Waals surface area contributed by atoms with Crippen molar-refractivity contribution >= 4 is 48.0 Å². The standard InChI is InChI=1S/C15H22ClN3O.2ClH/c1-19(2)15(7-3-4-8-15)10-18-14(20)12-6-5-11(17)9-13(12)16;;/h5-6,9H,3-4,7-8,10,17H2,1-2H3,(H,18,20);2*1H. The van der Waals surface area contributed by atoms with Gasteiger partial charge in [0, 0.05) is 17.8 Å². The molecule has 1 aromatic carbocycles. The van der Waals surface area contributed by atoms with Gasteiger partial charge in [0.05, 0.1) is 10.6 Å². The molecule has 1 fully saturated rings. The van der Waals surface area contributed by atoms with E-state index in [2.05, 4.69) is 24.3 Å². The van der Waals surface area contributed by atoms with Crippen molar-refractivity contribution in [3.63, 3.8) is 0 Å². The highest BCUT2D eigenvalue weighted by Crippen LogP contribution is 2.33. The van der Waals surface area contributed by atoms with Crippen molar-refractivity contribution in [3.8, 4) is 0 Å². The number of nitrogens with zero attached hydrogens (tertiary/aromatic N) is 1. The first-order valence-electron chi connectivity index (χ1n) is 6.95. The Hall–Kier alpha value is -0.680. The van der Waals surface area contributed by atoms with Crippen molar-refractivity contribution < 1.29 is 4.79 Å². The van der Waals surface area contributed by atoms with E-state index in [1.54, 1.807) is 18.2 Å². The SMILES string of the molecule is CN(C)C1(CNC(=O)c2ccc(N)cc2Cl)CCCC1.Cl.Cl. The van der Waals surface area contributed by atoms with Crippen LogP contribution in [0.2, 0.25) is 5.02 Å². The van der Waals surface area contributed by atoms with E-state index in [4.69, 9.17) is 17.3 Å². The quantitative estimate of drug-likeness (QED) is 0.801. The smallest absolute Gasteiger partial charge is 0.252 e. The van der Waals surface area contributed by atoms with Crippen LogP contribution < -0.4 is 11.1 Å². The Morgan fingerprint density at radius 3 is 2.41 bits per heavy atom. The van der Waals surface area contributed by atoms with Gasteiger partial charge < -0.3 is 16.0 Å². The summed E-state index contributed by atoms with van der Waals surface area (Å²) in [5.74, 6) is -0.136. The number of anilines is 1. The summed E-state index contributed by atoms with van der Waals surface area (Å²) in [4.78, 5) is 14.5. The zero-order valence-corrected chi connectivity index (χ0v) is 15.3. The second-order valence-electron chi connectivity index (χ2n) is 5.75. The lowest BCUT2D eigenvalue weighted by Gasteiger charge is -2.36. The highest BCUT2D eigenvalue weighted by molar-refractivity contribution is 6.34. The molecule has 0 heterocycles. The number of hydrogen-bond donors (Lipinski definition) is 2. The highest BCUT2D eigenvalue weighted by atomic mass is 35.5. The number of nitrogen functional groups attached to an aromatic ring is 1. The van der Waals surface area contributed by atoms with Crippen LogP contribution >= 0.6 is 36.4 Å². The third-order valence-electron chi connectivity index (χ3n) is 4.30.